The van der Waals surface area contributed by atoms with E-state index in [4.69, 9.17) is 0 Å². The minimum absolute atomic E-state index is 1.04. The average Bonchev–Trinajstić information content (AvgIpc) is 3.13. The van der Waals surface area contributed by atoms with E-state index in [0.717, 1.165) is 45.7 Å². The monoisotopic (exact) mass is 380 g/mol. The number of hydrogen-bond acceptors (Lipinski definition) is 2. The molecular formula is C27H28N2. The fourth-order valence-corrected chi connectivity index (χ4v) is 4.59. The van der Waals surface area contributed by atoms with Gasteiger partial charge in [0.05, 0.1) is 0 Å². The number of nitrogens with zero attached hydrogens (tertiary/aromatic N) is 2. The van der Waals surface area contributed by atoms with Crippen LogP contribution < -0.4 is 0 Å². The van der Waals surface area contributed by atoms with Crippen molar-refractivity contribution in [3.63, 3.8) is 0 Å². The maximum atomic E-state index is 2.60. The van der Waals surface area contributed by atoms with E-state index in [1.807, 2.05) is 0 Å². The summed E-state index contributed by atoms with van der Waals surface area (Å²) in [5, 5.41) is 0. The van der Waals surface area contributed by atoms with Crippen LogP contribution in [0.4, 0.5) is 0 Å². The van der Waals surface area contributed by atoms with Crippen LogP contribution in [0.5, 0.6) is 0 Å². The van der Waals surface area contributed by atoms with Gasteiger partial charge in [-0.05, 0) is 39.8 Å². The second-order valence-corrected chi connectivity index (χ2v) is 8.22. The molecule has 3 aromatic rings. The molecule has 146 valence electrons. The Morgan fingerprint density at radius 3 is 2.28 bits per heavy atom. The zero-order chi connectivity index (χ0) is 19.5. The first-order valence-electron chi connectivity index (χ1n) is 10.7. The van der Waals surface area contributed by atoms with Gasteiger partial charge in [-0.3, -0.25) is 9.80 Å². The smallest absolute Gasteiger partial charge is 0.0234 e. The first-order chi connectivity index (χ1) is 14.3. The molecule has 0 bridgehead atoms. The molecule has 0 atom stereocenters. The summed E-state index contributed by atoms with van der Waals surface area (Å²) in [6.45, 7) is 6.70. The molecule has 1 heterocycles. The average molecular weight is 381 g/mol. The maximum absolute atomic E-state index is 2.60. The summed E-state index contributed by atoms with van der Waals surface area (Å²) in [7, 11) is 0. The lowest BCUT2D eigenvalue weighted by Gasteiger charge is -2.34. The minimum atomic E-state index is 1.04. The Hall–Kier alpha value is -2.68. The highest BCUT2D eigenvalue weighted by molar-refractivity contribution is 5.76. The summed E-state index contributed by atoms with van der Waals surface area (Å²) in [5.41, 5.74) is 8.55. The van der Waals surface area contributed by atoms with Crippen LogP contribution in [-0.2, 0) is 13.0 Å². The first kappa shape index (κ1) is 18.4. The SMILES string of the molecule is C(=C\c1ccccc1)/CN1CCN(Cc2ccc3c(c2)Cc2ccccc2-3)CC1. The zero-order valence-corrected chi connectivity index (χ0v) is 16.9. The number of benzene rings is 3. The largest absolute Gasteiger partial charge is 0.297 e. The molecule has 0 saturated carbocycles. The van der Waals surface area contributed by atoms with E-state index in [1.165, 1.54) is 33.4 Å². The van der Waals surface area contributed by atoms with Crippen LogP contribution >= 0.6 is 0 Å². The van der Waals surface area contributed by atoms with Gasteiger partial charge in [0.15, 0.2) is 0 Å². The van der Waals surface area contributed by atoms with Crippen molar-refractivity contribution in [1.29, 1.82) is 0 Å². The predicted molar refractivity (Wildman–Crippen MR) is 122 cm³/mol. The van der Waals surface area contributed by atoms with Gasteiger partial charge in [-0.2, -0.15) is 0 Å². The van der Waals surface area contributed by atoms with Gasteiger partial charge in [-0.15, -0.1) is 0 Å². The Morgan fingerprint density at radius 2 is 1.41 bits per heavy atom. The Bertz CT molecular complexity index is 998. The van der Waals surface area contributed by atoms with Gasteiger partial charge in [-0.25, -0.2) is 0 Å². The predicted octanol–water partition coefficient (Wildman–Crippen LogP) is 5.09. The highest BCUT2D eigenvalue weighted by Gasteiger charge is 2.20. The molecule has 5 rings (SSSR count). The normalized spacial score (nSPS) is 16.8. The van der Waals surface area contributed by atoms with Crippen LogP contribution in [0.25, 0.3) is 17.2 Å². The summed E-state index contributed by atoms with van der Waals surface area (Å²) in [6, 6.07) is 26.5. The quantitative estimate of drug-likeness (QED) is 0.476. The standard InChI is InChI=1S/C27H28N2/c1-2-7-22(8-3-1)9-6-14-28-15-17-29(18-16-28)21-23-12-13-27-25(19-23)20-24-10-4-5-11-26(24)27/h1-13,19H,14-18,20-21H2/b9-6+. The van der Waals surface area contributed by atoms with Crippen molar-refractivity contribution in [3.8, 4) is 11.1 Å². The molecule has 29 heavy (non-hydrogen) atoms. The van der Waals surface area contributed by atoms with Crippen molar-refractivity contribution < 1.29 is 0 Å². The molecule has 1 aliphatic carbocycles. The number of fused-ring (bicyclic) bond motifs is 3. The Balaban J connectivity index is 1.14. The van der Waals surface area contributed by atoms with Gasteiger partial charge in [0.1, 0.15) is 0 Å². The Labute approximate surface area is 174 Å². The molecule has 1 fully saturated rings. The van der Waals surface area contributed by atoms with E-state index in [2.05, 4.69) is 94.7 Å². The topological polar surface area (TPSA) is 6.48 Å². The van der Waals surface area contributed by atoms with Gasteiger partial charge in [0.2, 0.25) is 0 Å². The van der Waals surface area contributed by atoms with Crippen LogP contribution in [0.1, 0.15) is 22.3 Å². The lowest BCUT2D eigenvalue weighted by atomic mass is 10.0. The van der Waals surface area contributed by atoms with Crippen molar-refractivity contribution in [1.82, 2.24) is 9.80 Å². The molecule has 0 radical (unpaired) electrons. The third kappa shape index (κ3) is 4.19. The Kier molecular flexibility index (Phi) is 5.29. The van der Waals surface area contributed by atoms with E-state index >= 15 is 0 Å². The van der Waals surface area contributed by atoms with E-state index < -0.39 is 0 Å². The zero-order valence-electron chi connectivity index (χ0n) is 16.9. The molecule has 2 nitrogen and oxygen atoms in total. The van der Waals surface area contributed by atoms with Crippen LogP contribution in [0.15, 0.2) is 78.9 Å². The van der Waals surface area contributed by atoms with Crippen LogP contribution in [0.2, 0.25) is 0 Å². The van der Waals surface area contributed by atoms with Gasteiger partial charge >= 0.3 is 0 Å². The fraction of sp³-hybridized carbons (Fsp3) is 0.259. The molecule has 0 N–H and O–H groups in total. The molecular weight excluding hydrogens is 352 g/mol. The second kappa shape index (κ2) is 8.36. The van der Waals surface area contributed by atoms with Gasteiger partial charge in [0, 0.05) is 39.3 Å². The van der Waals surface area contributed by atoms with Crippen LogP contribution in [0, 0.1) is 0 Å². The second-order valence-electron chi connectivity index (χ2n) is 8.22. The van der Waals surface area contributed by atoms with Crippen molar-refractivity contribution in [2.45, 2.75) is 13.0 Å². The third-order valence-electron chi connectivity index (χ3n) is 6.20. The van der Waals surface area contributed by atoms with Crippen molar-refractivity contribution >= 4 is 6.08 Å². The van der Waals surface area contributed by atoms with E-state index in [1.54, 1.807) is 0 Å². The molecule has 0 spiro atoms. The number of piperazine rings is 1. The van der Waals surface area contributed by atoms with Crippen molar-refractivity contribution in [2.75, 3.05) is 32.7 Å². The molecule has 0 unspecified atom stereocenters. The fourth-order valence-electron chi connectivity index (χ4n) is 4.59. The summed E-state index contributed by atoms with van der Waals surface area (Å²) in [4.78, 5) is 5.15. The van der Waals surface area contributed by atoms with Crippen LogP contribution in [0.3, 0.4) is 0 Å². The lowest BCUT2D eigenvalue weighted by molar-refractivity contribution is 0.137. The number of hydrogen-bond donors (Lipinski definition) is 0. The molecule has 2 aliphatic rings. The summed E-state index contributed by atoms with van der Waals surface area (Å²) in [6.07, 6.45) is 5.61. The summed E-state index contributed by atoms with van der Waals surface area (Å²) in [5.74, 6) is 0. The lowest BCUT2D eigenvalue weighted by Crippen LogP contribution is -2.45. The van der Waals surface area contributed by atoms with Gasteiger partial charge in [-0.1, -0.05) is 84.9 Å². The van der Waals surface area contributed by atoms with Crippen molar-refractivity contribution in [2.24, 2.45) is 0 Å². The molecule has 1 aliphatic heterocycles. The Morgan fingerprint density at radius 1 is 0.690 bits per heavy atom. The van der Waals surface area contributed by atoms with Gasteiger partial charge in [0.25, 0.3) is 0 Å². The summed E-state index contributed by atoms with van der Waals surface area (Å²) >= 11 is 0. The molecule has 0 aromatic heterocycles. The minimum Gasteiger partial charge on any atom is -0.297 e. The highest BCUT2D eigenvalue weighted by Crippen LogP contribution is 2.36. The summed E-state index contributed by atoms with van der Waals surface area (Å²) < 4.78 is 0. The third-order valence-corrected chi connectivity index (χ3v) is 6.20. The van der Waals surface area contributed by atoms with E-state index in [-0.39, 0.29) is 0 Å². The molecule has 1 saturated heterocycles. The van der Waals surface area contributed by atoms with Gasteiger partial charge < -0.3 is 0 Å². The number of rotatable bonds is 5. The molecule has 2 heteroatoms. The van der Waals surface area contributed by atoms with Crippen LogP contribution in [-0.4, -0.2) is 42.5 Å². The highest BCUT2D eigenvalue weighted by atomic mass is 15.3. The maximum Gasteiger partial charge on any atom is 0.0234 e. The van der Waals surface area contributed by atoms with E-state index in [0.29, 0.717) is 0 Å². The first-order valence-corrected chi connectivity index (χ1v) is 10.7. The van der Waals surface area contributed by atoms with Crippen molar-refractivity contribution in [3.05, 3.63) is 101 Å². The molecule has 3 aromatic carbocycles. The molecule has 0 amide bonds. The van der Waals surface area contributed by atoms with E-state index in [9.17, 15) is 0 Å².